The number of pyridine rings is 1. The van der Waals surface area contributed by atoms with E-state index in [9.17, 15) is 4.79 Å². The van der Waals surface area contributed by atoms with Crippen molar-refractivity contribution < 1.29 is 4.79 Å². The molecule has 2 aliphatic rings. The predicted molar refractivity (Wildman–Crippen MR) is 131 cm³/mol. The first kappa shape index (κ1) is 23.3. The van der Waals surface area contributed by atoms with Crippen LogP contribution in [0.4, 0.5) is 5.82 Å². The molecule has 33 heavy (non-hydrogen) atoms. The Labute approximate surface area is 197 Å². The van der Waals surface area contributed by atoms with Gasteiger partial charge in [-0.1, -0.05) is 37.3 Å². The maximum Gasteiger partial charge on any atom is 0.223 e. The minimum Gasteiger partial charge on any atom is -0.356 e. The van der Waals surface area contributed by atoms with Crippen LogP contribution in [0.2, 0.25) is 0 Å². The number of benzene rings is 1. The van der Waals surface area contributed by atoms with E-state index in [0.29, 0.717) is 11.5 Å². The maximum atomic E-state index is 12.8. The van der Waals surface area contributed by atoms with Gasteiger partial charge in [0.2, 0.25) is 5.91 Å². The fourth-order valence-electron chi connectivity index (χ4n) is 5.19. The fraction of sp³-hybridized carbons (Fsp3) is 0.519. The van der Waals surface area contributed by atoms with Gasteiger partial charge in [-0.2, -0.15) is 5.26 Å². The van der Waals surface area contributed by atoms with Crippen molar-refractivity contribution in [3.63, 3.8) is 0 Å². The quantitative estimate of drug-likeness (QED) is 0.701. The molecule has 2 fully saturated rings. The van der Waals surface area contributed by atoms with Crippen molar-refractivity contribution in [1.82, 2.24) is 15.2 Å². The second kappa shape index (κ2) is 11.3. The zero-order chi connectivity index (χ0) is 23.0. The van der Waals surface area contributed by atoms with Crippen molar-refractivity contribution in [2.24, 2.45) is 17.8 Å². The molecule has 3 heterocycles. The Morgan fingerprint density at radius 2 is 1.91 bits per heavy atom. The van der Waals surface area contributed by atoms with E-state index in [-0.39, 0.29) is 17.7 Å². The fourth-order valence-corrected chi connectivity index (χ4v) is 5.19. The number of piperidine rings is 2. The van der Waals surface area contributed by atoms with Crippen LogP contribution in [0.5, 0.6) is 0 Å². The summed E-state index contributed by atoms with van der Waals surface area (Å²) in [5.74, 6) is 2.14. The second-order valence-electron chi connectivity index (χ2n) is 9.62. The minimum absolute atomic E-state index is 0.0624. The van der Waals surface area contributed by atoms with Gasteiger partial charge in [0.15, 0.2) is 0 Å². The summed E-state index contributed by atoms with van der Waals surface area (Å²) < 4.78 is 0. The molecule has 2 aromatic rings. The van der Waals surface area contributed by atoms with Gasteiger partial charge in [0.1, 0.15) is 11.9 Å². The average Bonchev–Trinajstić information content (AvgIpc) is 2.85. The van der Waals surface area contributed by atoms with Crippen molar-refractivity contribution in [3.8, 4) is 6.07 Å². The van der Waals surface area contributed by atoms with Gasteiger partial charge in [-0.15, -0.1) is 0 Å². The van der Waals surface area contributed by atoms with E-state index in [0.717, 1.165) is 57.9 Å². The second-order valence-corrected chi connectivity index (χ2v) is 9.62. The van der Waals surface area contributed by atoms with E-state index < -0.39 is 0 Å². The molecule has 1 amide bonds. The highest BCUT2D eigenvalue weighted by Crippen LogP contribution is 2.27. The Morgan fingerprint density at radius 1 is 1.12 bits per heavy atom. The highest BCUT2D eigenvalue weighted by molar-refractivity contribution is 5.79. The molecule has 2 atom stereocenters. The molecule has 1 N–H and O–H groups in total. The first-order chi connectivity index (χ1) is 16.1. The van der Waals surface area contributed by atoms with Crippen LogP contribution in [-0.2, 0) is 11.3 Å². The van der Waals surface area contributed by atoms with E-state index in [4.69, 9.17) is 5.26 Å². The lowest BCUT2D eigenvalue weighted by Gasteiger charge is -2.37. The number of nitrogens with one attached hydrogen (secondary N) is 1. The van der Waals surface area contributed by atoms with Gasteiger partial charge in [-0.05, 0) is 68.3 Å². The largest absolute Gasteiger partial charge is 0.356 e. The first-order valence-electron chi connectivity index (χ1n) is 12.3. The number of rotatable bonds is 7. The first-order valence-corrected chi connectivity index (χ1v) is 12.3. The average molecular weight is 446 g/mol. The van der Waals surface area contributed by atoms with E-state index >= 15 is 0 Å². The molecule has 0 radical (unpaired) electrons. The smallest absolute Gasteiger partial charge is 0.223 e. The van der Waals surface area contributed by atoms with Crippen LogP contribution in [0.1, 0.15) is 43.7 Å². The number of carbonyl (C=O) groups is 1. The summed E-state index contributed by atoms with van der Waals surface area (Å²) in [4.78, 5) is 22.0. The molecule has 1 aromatic carbocycles. The molecular formula is C27H35N5O. The molecule has 4 rings (SSSR count). The van der Waals surface area contributed by atoms with Crippen molar-refractivity contribution in [2.45, 2.75) is 39.2 Å². The van der Waals surface area contributed by atoms with Crippen molar-refractivity contribution in [1.29, 1.82) is 5.26 Å². The topological polar surface area (TPSA) is 72.3 Å². The molecule has 0 bridgehead atoms. The summed E-state index contributed by atoms with van der Waals surface area (Å²) in [6, 6.07) is 16.5. The number of hydrogen-bond donors (Lipinski definition) is 1. The summed E-state index contributed by atoms with van der Waals surface area (Å²) >= 11 is 0. The van der Waals surface area contributed by atoms with Crippen LogP contribution in [0.25, 0.3) is 0 Å². The molecule has 6 nitrogen and oxygen atoms in total. The summed E-state index contributed by atoms with van der Waals surface area (Å²) in [7, 11) is 0. The number of hydrogen-bond acceptors (Lipinski definition) is 5. The van der Waals surface area contributed by atoms with Crippen LogP contribution >= 0.6 is 0 Å². The Kier molecular flexibility index (Phi) is 7.96. The number of aromatic nitrogens is 1. The Hall–Kier alpha value is -2.91. The van der Waals surface area contributed by atoms with Crippen molar-refractivity contribution in [2.75, 3.05) is 37.6 Å². The number of anilines is 1. The number of amides is 1. The van der Waals surface area contributed by atoms with Gasteiger partial charge in [-0.25, -0.2) is 4.98 Å². The normalized spacial score (nSPS) is 22.0. The number of nitriles is 1. The molecule has 0 saturated carbocycles. The lowest BCUT2D eigenvalue weighted by molar-refractivity contribution is -0.127. The standard InChI is InChI=1S/C27H35N5O/c1-21-19-32(26-8-7-24(17-28)18-30-26)16-12-25(21)27(33)29-13-9-22-10-14-31(15-11-22)20-23-5-3-2-4-6-23/h2-8,18,21-22,25H,9-16,19-20H2,1H3,(H,29,33)/t21-,25?/m0/s1. The van der Waals surface area contributed by atoms with Gasteiger partial charge < -0.3 is 10.2 Å². The molecule has 1 unspecified atom stereocenters. The molecule has 2 saturated heterocycles. The van der Waals surface area contributed by atoms with Crippen molar-refractivity contribution in [3.05, 3.63) is 59.8 Å². The highest BCUT2D eigenvalue weighted by atomic mass is 16.1. The van der Waals surface area contributed by atoms with Gasteiger partial charge >= 0.3 is 0 Å². The summed E-state index contributed by atoms with van der Waals surface area (Å²) in [5.41, 5.74) is 1.96. The van der Waals surface area contributed by atoms with Crippen molar-refractivity contribution >= 4 is 11.7 Å². The number of nitrogens with zero attached hydrogens (tertiary/aromatic N) is 4. The van der Waals surface area contributed by atoms with E-state index in [2.05, 4.69) is 63.4 Å². The van der Waals surface area contributed by atoms with E-state index in [1.54, 1.807) is 12.3 Å². The van der Waals surface area contributed by atoms with Crippen LogP contribution < -0.4 is 10.2 Å². The predicted octanol–water partition coefficient (Wildman–Crippen LogP) is 3.83. The SMILES string of the molecule is C[C@H]1CN(c2ccc(C#N)cn2)CCC1C(=O)NCCC1CCN(Cc2ccccc2)CC1. The van der Waals surface area contributed by atoms with Crippen LogP contribution in [0, 0.1) is 29.1 Å². The summed E-state index contributed by atoms with van der Waals surface area (Å²) in [6.45, 7) is 7.91. The third-order valence-electron chi connectivity index (χ3n) is 7.25. The molecule has 2 aliphatic heterocycles. The van der Waals surface area contributed by atoms with Gasteiger partial charge in [0.05, 0.1) is 5.56 Å². The van der Waals surface area contributed by atoms with Gasteiger partial charge in [0.25, 0.3) is 0 Å². The zero-order valence-electron chi connectivity index (χ0n) is 19.6. The summed E-state index contributed by atoms with van der Waals surface area (Å²) in [6.07, 6.45) is 5.97. The third kappa shape index (κ3) is 6.33. The van der Waals surface area contributed by atoms with E-state index in [1.165, 1.54) is 18.4 Å². The zero-order valence-corrected chi connectivity index (χ0v) is 19.6. The third-order valence-corrected chi connectivity index (χ3v) is 7.25. The van der Waals surface area contributed by atoms with Crippen LogP contribution in [0.3, 0.4) is 0 Å². The molecule has 174 valence electrons. The summed E-state index contributed by atoms with van der Waals surface area (Å²) in [5, 5.41) is 12.2. The van der Waals surface area contributed by atoms with Gasteiger partial charge in [0, 0.05) is 38.3 Å². The highest BCUT2D eigenvalue weighted by Gasteiger charge is 2.31. The minimum atomic E-state index is 0.0624. The monoisotopic (exact) mass is 445 g/mol. The van der Waals surface area contributed by atoms with Gasteiger partial charge in [-0.3, -0.25) is 9.69 Å². The Morgan fingerprint density at radius 3 is 2.58 bits per heavy atom. The molecule has 1 aromatic heterocycles. The number of carbonyl (C=O) groups excluding carboxylic acids is 1. The van der Waals surface area contributed by atoms with E-state index in [1.807, 2.05) is 6.07 Å². The Bertz CT molecular complexity index is 931. The number of likely N-dealkylation sites (tertiary alicyclic amines) is 1. The van der Waals surface area contributed by atoms with Crippen LogP contribution in [-0.4, -0.2) is 48.5 Å². The molecule has 6 heteroatoms. The molecule has 0 spiro atoms. The lowest BCUT2D eigenvalue weighted by Crippen LogP contribution is -2.46. The Balaban J connectivity index is 1.15. The maximum absolute atomic E-state index is 12.8. The lowest BCUT2D eigenvalue weighted by atomic mass is 9.86. The molecule has 0 aliphatic carbocycles. The van der Waals surface area contributed by atoms with Crippen LogP contribution in [0.15, 0.2) is 48.7 Å². The molecular weight excluding hydrogens is 410 g/mol.